The van der Waals surface area contributed by atoms with Gasteiger partial charge in [0.1, 0.15) is 5.02 Å². The number of hydrogen-bond acceptors (Lipinski definition) is 3. The molecule has 2 rings (SSSR count). The number of aromatic nitrogens is 2. The number of rotatable bonds is 1. The van der Waals surface area contributed by atoms with Crippen molar-refractivity contribution in [3.05, 3.63) is 21.6 Å². The molecule has 0 unspecified atom stereocenters. The average molecular weight is 228 g/mol. The van der Waals surface area contributed by atoms with Crippen LogP contribution in [0.1, 0.15) is 19.3 Å². The third-order valence-corrected chi connectivity index (χ3v) is 3.11. The topological polar surface area (TPSA) is 38.1 Å². The minimum Gasteiger partial charge on any atom is -0.369 e. The Morgan fingerprint density at radius 2 is 2.00 bits per heavy atom. The molecule has 15 heavy (non-hydrogen) atoms. The maximum atomic E-state index is 11.6. The van der Waals surface area contributed by atoms with Crippen LogP contribution in [0.3, 0.4) is 0 Å². The molecule has 1 aromatic heterocycles. The van der Waals surface area contributed by atoms with Gasteiger partial charge in [0.2, 0.25) is 0 Å². The Kier molecular flexibility index (Phi) is 2.95. The van der Waals surface area contributed by atoms with Gasteiger partial charge in [-0.25, -0.2) is 4.68 Å². The van der Waals surface area contributed by atoms with Crippen molar-refractivity contribution < 1.29 is 0 Å². The maximum Gasteiger partial charge on any atom is 0.287 e. The summed E-state index contributed by atoms with van der Waals surface area (Å²) in [5, 5.41) is 4.28. The van der Waals surface area contributed by atoms with Crippen LogP contribution in [-0.4, -0.2) is 22.9 Å². The summed E-state index contributed by atoms with van der Waals surface area (Å²) >= 11 is 6.02. The van der Waals surface area contributed by atoms with E-state index in [0.717, 1.165) is 31.6 Å². The molecule has 4 nitrogen and oxygen atoms in total. The van der Waals surface area contributed by atoms with Gasteiger partial charge in [-0.2, -0.15) is 5.10 Å². The van der Waals surface area contributed by atoms with Crippen molar-refractivity contribution in [3.63, 3.8) is 0 Å². The average Bonchev–Trinajstić information content (AvgIpc) is 2.27. The predicted molar refractivity (Wildman–Crippen MR) is 60.6 cm³/mol. The minimum atomic E-state index is -0.222. The van der Waals surface area contributed by atoms with Crippen LogP contribution in [0, 0.1) is 0 Å². The minimum absolute atomic E-state index is 0.222. The van der Waals surface area contributed by atoms with E-state index in [0.29, 0.717) is 0 Å². The molecule has 0 radical (unpaired) electrons. The normalized spacial score (nSPS) is 16.8. The van der Waals surface area contributed by atoms with Crippen LogP contribution in [0.4, 0.5) is 5.69 Å². The Hall–Kier alpha value is -1.03. The molecule has 1 aromatic rings. The molecule has 1 saturated heterocycles. The fourth-order valence-electron chi connectivity index (χ4n) is 1.86. The number of halogens is 1. The van der Waals surface area contributed by atoms with Crippen LogP contribution in [0.5, 0.6) is 0 Å². The quantitative estimate of drug-likeness (QED) is 0.729. The molecule has 5 heteroatoms. The summed E-state index contributed by atoms with van der Waals surface area (Å²) < 4.78 is 1.26. The van der Waals surface area contributed by atoms with Crippen LogP contribution in [0.2, 0.25) is 5.02 Å². The number of anilines is 1. The molecule has 0 aromatic carbocycles. The first kappa shape index (κ1) is 10.5. The van der Waals surface area contributed by atoms with E-state index in [-0.39, 0.29) is 10.6 Å². The van der Waals surface area contributed by atoms with E-state index >= 15 is 0 Å². The van der Waals surface area contributed by atoms with Crippen molar-refractivity contribution in [3.8, 4) is 0 Å². The molecule has 1 fully saturated rings. The lowest BCUT2D eigenvalue weighted by atomic mass is 10.1. The molecule has 0 aliphatic carbocycles. The second-order valence-electron chi connectivity index (χ2n) is 3.82. The molecule has 0 bridgehead atoms. The van der Waals surface area contributed by atoms with Gasteiger partial charge in [-0.05, 0) is 19.3 Å². The van der Waals surface area contributed by atoms with Gasteiger partial charge in [-0.3, -0.25) is 4.79 Å². The summed E-state index contributed by atoms with van der Waals surface area (Å²) in [4.78, 5) is 13.7. The van der Waals surface area contributed by atoms with Crippen LogP contribution in [0.15, 0.2) is 11.0 Å². The van der Waals surface area contributed by atoms with E-state index in [9.17, 15) is 4.79 Å². The Labute approximate surface area is 93.5 Å². The Bertz CT molecular complexity index is 410. The Balaban J connectivity index is 2.35. The summed E-state index contributed by atoms with van der Waals surface area (Å²) in [5.74, 6) is 0. The zero-order valence-electron chi connectivity index (χ0n) is 8.74. The van der Waals surface area contributed by atoms with Crippen molar-refractivity contribution in [1.82, 2.24) is 9.78 Å². The highest BCUT2D eigenvalue weighted by Crippen LogP contribution is 2.23. The van der Waals surface area contributed by atoms with Gasteiger partial charge in [-0.1, -0.05) is 11.6 Å². The SMILES string of the molecule is Cn1ncc(N2CCCCC2)c(Cl)c1=O. The first-order valence-electron chi connectivity index (χ1n) is 5.17. The van der Waals surface area contributed by atoms with Crippen LogP contribution in [0.25, 0.3) is 0 Å². The highest BCUT2D eigenvalue weighted by atomic mass is 35.5. The van der Waals surface area contributed by atoms with Crippen molar-refractivity contribution >= 4 is 17.3 Å². The third-order valence-electron chi connectivity index (χ3n) is 2.76. The standard InChI is InChI=1S/C10H14ClN3O/c1-13-10(15)9(11)8(7-12-13)14-5-3-2-4-6-14/h7H,2-6H2,1H3. The summed E-state index contributed by atoms with van der Waals surface area (Å²) in [6.07, 6.45) is 5.25. The summed E-state index contributed by atoms with van der Waals surface area (Å²) in [6, 6.07) is 0. The molecule has 0 amide bonds. The van der Waals surface area contributed by atoms with Crippen LogP contribution in [-0.2, 0) is 7.05 Å². The molecule has 0 N–H and O–H groups in total. The van der Waals surface area contributed by atoms with E-state index in [4.69, 9.17) is 11.6 Å². The van der Waals surface area contributed by atoms with E-state index in [1.807, 2.05) is 0 Å². The maximum absolute atomic E-state index is 11.6. The molecular weight excluding hydrogens is 214 g/mol. The first-order valence-corrected chi connectivity index (χ1v) is 5.54. The molecule has 1 aliphatic heterocycles. The first-order chi connectivity index (χ1) is 7.20. The summed E-state index contributed by atoms with van der Waals surface area (Å²) in [5.41, 5.74) is 0.555. The van der Waals surface area contributed by atoms with Gasteiger partial charge < -0.3 is 4.90 Å². The third kappa shape index (κ3) is 2.00. The van der Waals surface area contributed by atoms with Gasteiger partial charge in [0.15, 0.2) is 0 Å². The van der Waals surface area contributed by atoms with Crippen molar-refractivity contribution in [2.45, 2.75) is 19.3 Å². The summed E-state index contributed by atoms with van der Waals surface area (Å²) in [7, 11) is 1.61. The molecule has 82 valence electrons. The van der Waals surface area contributed by atoms with E-state index < -0.39 is 0 Å². The highest BCUT2D eigenvalue weighted by molar-refractivity contribution is 6.33. The lowest BCUT2D eigenvalue weighted by Crippen LogP contribution is -2.32. The molecule has 2 heterocycles. The largest absolute Gasteiger partial charge is 0.369 e. The van der Waals surface area contributed by atoms with Crippen molar-refractivity contribution in [2.75, 3.05) is 18.0 Å². The lowest BCUT2D eigenvalue weighted by molar-refractivity contribution is 0.574. The van der Waals surface area contributed by atoms with Gasteiger partial charge in [0.05, 0.1) is 11.9 Å². The van der Waals surface area contributed by atoms with E-state index in [1.165, 1.54) is 11.1 Å². The van der Waals surface area contributed by atoms with E-state index in [1.54, 1.807) is 13.2 Å². The Morgan fingerprint density at radius 3 is 2.67 bits per heavy atom. The van der Waals surface area contributed by atoms with Gasteiger partial charge in [-0.15, -0.1) is 0 Å². The molecule has 1 aliphatic rings. The number of nitrogens with zero attached hydrogens (tertiary/aromatic N) is 3. The predicted octanol–water partition coefficient (Wildman–Crippen LogP) is 1.42. The summed E-state index contributed by atoms with van der Waals surface area (Å²) in [6.45, 7) is 1.93. The van der Waals surface area contributed by atoms with Gasteiger partial charge in [0.25, 0.3) is 5.56 Å². The molecular formula is C10H14ClN3O. The fourth-order valence-corrected chi connectivity index (χ4v) is 2.15. The monoisotopic (exact) mass is 227 g/mol. The second kappa shape index (κ2) is 4.23. The van der Waals surface area contributed by atoms with E-state index in [2.05, 4.69) is 10.00 Å². The number of piperidine rings is 1. The smallest absolute Gasteiger partial charge is 0.287 e. The number of aryl methyl sites for hydroxylation is 1. The zero-order valence-corrected chi connectivity index (χ0v) is 9.50. The van der Waals surface area contributed by atoms with Crippen molar-refractivity contribution in [1.29, 1.82) is 0 Å². The van der Waals surface area contributed by atoms with Crippen LogP contribution < -0.4 is 10.5 Å². The van der Waals surface area contributed by atoms with Gasteiger partial charge >= 0.3 is 0 Å². The number of hydrogen-bond donors (Lipinski definition) is 0. The lowest BCUT2D eigenvalue weighted by Gasteiger charge is -2.28. The zero-order chi connectivity index (χ0) is 10.8. The second-order valence-corrected chi connectivity index (χ2v) is 4.20. The molecule has 0 atom stereocenters. The molecule has 0 saturated carbocycles. The van der Waals surface area contributed by atoms with Crippen molar-refractivity contribution in [2.24, 2.45) is 7.05 Å². The Morgan fingerprint density at radius 1 is 1.33 bits per heavy atom. The highest BCUT2D eigenvalue weighted by Gasteiger charge is 2.16. The molecule has 0 spiro atoms. The fraction of sp³-hybridized carbons (Fsp3) is 0.600. The van der Waals surface area contributed by atoms with Gasteiger partial charge in [0, 0.05) is 20.1 Å². The van der Waals surface area contributed by atoms with Crippen LogP contribution >= 0.6 is 11.6 Å².